The quantitative estimate of drug-likeness (QED) is 0.695. The fourth-order valence-corrected chi connectivity index (χ4v) is 3.16. The van der Waals surface area contributed by atoms with Gasteiger partial charge in [-0.1, -0.05) is 41.9 Å². The van der Waals surface area contributed by atoms with Crippen molar-refractivity contribution in [3.8, 4) is 0 Å². The zero-order valence-corrected chi connectivity index (χ0v) is 12.2. The first-order valence-electron chi connectivity index (χ1n) is 6.28. The molecule has 1 unspecified atom stereocenters. The molecule has 1 heterocycles. The second kappa shape index (κ2) is 5.92. The third-order valence-corrected chi connectivity index (χ3v) is 4.60. The molecule has 1 atom stereocenters. The summed E-state index contributed by atoms with van der Waals surface area (Å²) in [6.07, 6.45) is -0.649. The summed E-state index contributed by atoms with van der Waals surface area (Å²) in [4.78, 5) is 0.962. The topological polar surface area (TPSA) is 33.4 Å². The maximum Gasteiger partial charge on any atom is 0.134 e. The van der Waals surface area contributed by atoms with E-state index in [2.05, 4.69) is 0 Å². The van der Waals surface area contributed by atoms with Gasteiger partial charge in [-0.25, -0.2) is 0 Å². The molecule has 0 aliphatic carbocycles. The van der Waals surface area contributed by atoms with Crippen LogP contribution in [0.15, 0.2) is 63.9 Å². The molecule has 0 saturated carbocycles. The minimum Gasteiger partial charge on any atom is -0.458 e. The molecule has 0 aliphatic rings. The Morgan fingerprint density at radius 2 is 1.85 bits per heavy atom. The van der Waals surface area contributed by atoms with Crippen molar-refractivity contribution in [3.63, 3.8) is 0 Å². The zero-order valence-electron chi connectivity index (χ0n) is 10.6. The number of benzene rings is 2. The van der Waals surface area contributed by atoms with Crippen molar-refractivity contribution in [2.75, 3.05) is 5.75 Å². The van der Waals surface area contributed by atoms with Crippen molar-refractivity contribution in [1.82, 2.24) is 0 Å². The molecule has 0 saturated heterocycles. The van der Waals surface area contributed by atoms with E-state index in [4.69, 9.17) is 16.0 Å². The van der Waals surface area contributed by atoms with E-state index in [1.54, 1.807) is 0 Å². The first-order chi connectivity index (χ1) is 9.74. The van der Waals surface area contributed by atoms with Crippen LogP contribution in [-0.4, -0.2) is 10.9 Å². The Kier molecular flexibility index (Phi) is 4.01. The van der Waals surface area contributed by atoms with E-state index in [1.165, 1.54) is 11.8 Å². The van der Waals surface area contributed by atoms with Crippen LogP contribution in [0, 0.1) is 0 Å². The molecule has 0 aliphatic heterocycles. The van der Waals surface area contributed by atoms with Crippen molar-refractivity contribution in [2.45, 2.75) is 11.0 Å². The number of fused-ring (bicyclic) bond motifs is 1. The molecule has 0 radical (unpaired) electrons. The van der Waals surface area contributed by atoms with Gasteiger partial charge in [0, 0.05) is 16.0 Å². The van der Waals surface area contributed by atoms with Crippen LogP contribution in [0.2, 0.25) is 5.02 Å². The number of rotatable bonds is 4. The molecule has 0 fully saturated rings. The lowest BCUT2D eigenvalue weighted by molar-refractivity contribution is 0.177. The molecule has 3 rings (SSSR count). The van der Waals surface area contributed by atoms with Crippen LogP contribution in [-0.2, 0) is 0 Å². The van der Waals surface area contributed by atoms with Crippen LogP contribution in [0.25, 0.3) is 11.0 Å². The number of halogens is 1. The van der Waals surface area contributed by atoms with Gasteiger partial charge >= 0.3 is 0 Å². The average Bonchev–Trinajstić information content (AvgIpc) is 2.90. The van der Waals surface area contributed by atoms with E-state index in [0.29, 0.717) is 16.5 Å². The van der Waals surface area contributed by atoms with E-state index in [1.807, 2.05) is 54.6 Å². The van der Waals surface area contributed by atoms with Gasteiger partial charge in [-0.3, -0.25) is 0 Å². The molecule has 1 aromatic heterocycles. The normalized spacial score (nSPS) is 12.7. The molecule has 0 bridgehead atoms. The fraction of sp³-hybridized carbons (Fsp3) is 0.125. The second-order valence-corrected chi connectivity index (χ2v) is 5.91. The Morgan fingerprint density at radius 1 is 1.10 bits per heavy atom. The smallest absolute Gasteiger partial charge is 0.134 e. The van der Waals surface area contributed by atoms with Crippen molar-refractivity contribution < 1.29 is 9.52 Å². The minimum atomic E-state index is -0.649. The lowest BCUT2D eigenvalue weighted by Crippen LogP contribution is -1.98. The summed E-state index contributed by atoms with van der Waals surface area (Å²) in [7, 11) is 0. The highest BCUT2D eigenvalue weighted by molar-refractivity contribution is 7.99. The first-order valence-corrected chi connectivity index (χ1v) is 7.64. The zero-order chi connectivity index (χ0) is 13.9. The van der Waals surface area contributed by atoms with Crippen molar-refractivity contribution in [2.24, 2.45) is 0 Å². The van der Waals surface area contributed by atoms with Crippen LogP contribution in [0.1, 0.15) is 11.9 Å². The minimum absolute atomic E-state index is 0.504. The third kappa shape index (κ3) is 2.85. The maximum atomic E-state index is 10.2. The average molecular weight is 305 g/mol. The van der Waals surface area contributed by atoms with Gasteiger partial charge in [0.25, 0.3) is 0 Å². The Hall–Kier alpha value is -1.42. The number of aliphatic hydroxyl groups is 1. The largest absolute Gasteiger partial charge is 0.458 e. The monoisotopic (exact) mass is 304 g/mol. The second-order valence-electron chi connectivity index (χ2n) is 4.44. The Labute approximate surface area is 126 Å². The number of hydrogen-bond acceptors (Lipinski definition) is 3. The van der Waals surface area contributed by atoms with Gasteiger partial charge in [0.1, 0.15) is 17.4 Å². The molecule has 0 amide bonds. The SMILES string of the molecule is OC(CSc1ccccc1Cl)c1cc2ccccc2o1. The summed E-state index contributed by atoms with van der Waals surface area (Å²) in [5, 5.41) is 11.9. The molecule has 2 aromatic carbocycles. The van der Waals surface area contributed by atoms with Gasteiger partial charge in [-0.05, 0) is 24.3 Å². The number of aliphatic hydroxyl groups excluding tert-OH is 1. The molecule has 1 N–H and O–H groups in total. The molecule has 2 nitrogen and oxygen atoms in total. The summed E-state index contributed by atoms with van der Waals surface area (Å²) in [5.41, 5.74) is 0.796. The van der Waals surface area contributed by atoms with Gasteiger partial charge in [0.2, 0.25) is 0 Å². The summed E-state index contributed by atoms with van der Waals surface area (Å²) in [5.74, 6) is 1.09. The van der Waals surface area contributed by atoms with Gasteiger partial charge in [0.15, 0.2) is 0 Å². The summed E-state index contributed by atoms with van der Waals surface area (Å²) in [6, 6.07) is 17.2. The van der Waals surface area contributed by atoms with Crippen LogP contribution >= 0.6 is 23.4 Å². The van der Waals surface area contributed by atoms with Crippen LogP contribution < -0.4 is 0 Å². The predicted octanol–water partition coefficient (Wildman–Crippen LogP) is 4.91. The molecule has 102 valence electrons. The van der Waals surface area contributed by atoms with E-state index in [-0.39, 0.29) is 0 Å². The number of hydrogen-bond donors (Lipinski definition) is 1. The number of para-hydroxylation sites is 1. The van der Waals surface area contributed by atoms with E-state index < -0.39 is 6.10 Å². The molecular formula is C16H13ClO2S. The van der Waals surface area contributed by atoms with E-state index in [9.17, 15) is 5.11 Å². The molecule has 20 heavy (non-hydrogen) atoms. The van der Waals surface area contributed by atoms with E-state index >= 15 is 0 Å². The van der Waals surface area contributed by atoms with Crippen LogP contribution in [0.5, 0.6) is 0 Å². The fourth-order valence-electron chi connectivity index (χ4n) is 1.98. The Morgan fingerprint density at radius 3 is 2.65 bits per heavy atom. The Bertz CT molecular complexity index is 690. The van der Waals surface area contributed by atoms with Crippen molar-refractivity contribution >= 4 is 34.3 Å². The highest BCUT2D eigenvalue weighted by atomic mass is 35.5. The van der Waals surface area contributed by atoms with Gasteiger partial charge in [-0.15, -0.1) is 11.8 Å². The van der Waals surface area contributed by atoms with Crippen LogP contribution in [0.3, 0.4) is 0 Å². The maximum absolute atomic E-state index is 10.2. The molecule has 4 heteroatoms. The summed E-state index contributed by atoms with van der Waals surface area (Å²) < 4.78 is 5.65. The summed E-state index contributed by atoms with van der Waals surface area (Å²) >= 11 is 7.61. The third-order valence-electron chi connectivity index (χ3n) is 3.01. The molecular weight excluding hydrogens is 292 g/mol. The highest BCUT2D eigenvalue weighted by Crippen LogP contribution is 2.31. The summed E-state index contributed by atoms with van der Waals surface area (Å²) in [6.45, 7) is 0. The standard InChI is InChI=1S/C16H13ClO2S/c17-12-6-2-4-8-16(12)20-10-13(18)15-9-11-5-1-3-7-14(11)19-15/h1-9,13,18H,10H2. The van der Waals surface area contributed by atoms with Gasteiger partial charge in [-0.2, -0.15) is 0 Å². The van der Waals surface area contributed by atoms with Crippen molar-refractivity contribution in [3.05, 3.63) is 65.4 Å². The Balaban J connectivity index is 1.73. The lowest BCUT2D eigenvalue weighted by Gasteiger charge is -2.08. The van der Waals surface area contributed by atoms with E-state index in [0.717, 1.165) is 15.9 Å². The number of thioether (sulfide) groups is 1. The van der Waals surface area contributed by atoms with Crippen molar-refractivity contribution in [1.29, 1.82) is 0 Å². The molecule has 0 spiro atoms. The van der Waals surface area contributed by atoms with Gasteiger partial charge in [0.05, 0.1) is 5.02 Å². The molecule has 3 aromatic rings. The van der Waals surface area contributed by atoms with Crippen LogP contribution in [0.4, 0.5) is 0 Å². The number of furan rings is 1. The van der Waals surface area contributed by atoms with Gasteiger partial charge < -0.3 is 9.52 Å². The lowest BCUT2D eigenvalue weighted by atomic mass is 10.2. The predicted molar refractivity (Wildman–Crippen MR) is 83.3 cm³/mol. The first kappa shape index (κ1) is 13.6. The highest BCUT2D eigenvalue weighted by Gasteiger charge is 2.14.